The highest BCUT2D eigenvalue weighted by Gasteiger charge is 2.20. The van der Waals surface area contributed by atoms with Crippen LogP contribution in [0.15, 0.2) is 24.3 Å². The first-order valence-corrected chi connectivity index (χ1v) is 4.77. The van der Waals surface area contributed by atoms with Crippen LogP contribution in [-0.2, 0) is 9.09 Å². The second-order valence-electron chi connectivity index (χ2n) is 2.15. The van der Waals surface area contributed by atoms with E-state index in [4.69, 9.17) is 4.52 Å². The number of halogens is 1. The van der Waals surface area contributed by atoms with Crippen LogP contribution in [-0.4, -0.2) is 6.61 Å². The lowest BCUT2D eigenvalue weighted by Crippen LogP contribution is -1.97. The topological polar surface area (TPSA) is 26.3 Å². The molecule has 0 saturated carbocycles. The Bertz CT molecular complexity index is 271. The Morgan fingerprint density at radius 1 is 1.42 bits per heavy atom. The summed E-state index contributed by atoms with van der Waals surface area (Å²) in [7, 11) is -1.80. The molecule has 1 atom stereocenters. The highest BCUT2D eigenvalue weighted by Crippen LogP contribution is 2.20. The van der Waals surface area contributed by atoms with Gasteiger partial charge in [-0.3, -0.25) is 0 Å². The number of benzene rings is 1. The van der Waals surface area contributed by atoms with Crippen molar-refractivity contribution in [3.05, 3.63) is 30.1 Å². The van der Waals surface area contributed by atoms with E-state index in [1.807, 2.05) is 0 Å². The fourth-order valence-electron chi connectivity index (χ4n) is 0.755. The van der Waals surface area contributed by atoms with Gasteiger partial charge in [0.1, 0.15) is 12.4 Å². The molecule has 1 aromatic rings. The van der Waals surface area contributed by atoms with Crippen molar-refractivity contribution in [2.75, 3.05) is 6.61 Å². The summed E-state index contributed by atoms with van der Waals surface area (Å²) in [5, 5.41) is 0.522. The Labute approximate surface area is 71.2 Å². The van der Waals surface area contributed by atoms with Gasteiger partial charge in [0.25, 0.3) is 0 Å². The summed E-state index contributed by atoms with van der Waals surface area (Å²) in [6.07, 6.45) is 0. The molecule has 0 amide bonds. The van der Waals surface area contributed by atoms with Gasteiger partial charge in [-0.1, -0.05) is 0 Å². The van der Waals surface area contributed by atoms with Crippen LogP contribution in [0.4, 0.5) is 4.39 Å². The third-order valence-electron chi connectivity index (χ3n) is 1.28. The third-order valence-corrected chi connectivity index (χ3v) is 2.50. The summed E-state index contributed by atoms with van der Waals surface area (Å²) < 4.78 is 28.4. The fraction of sp³-hybridized carbons (Fsp3) is 0.250. The van der Waals surface area contributed by atoms with E-state index in [1.54, 1.807) is 6.92 Å². The Morgan fingerprint density at radius 3 is 2.50 bits per heavy atom. The molecule has 1 unspecified atom stereocenters. The third kappa shape index (κ3) is 2.36. The van der Waals surface area contributed by atoms with Crippen LogP contribution in [0.25, 0.3) is 0 Å². The molecule has 0 heterocycles. The van der Waals surface area contributed by atoms with Crippen LogP contribution in [0.3, 0.4) is 0 Å². The molecule has 0 aliphatic carbocycles. The highest BCUT2D eigenvalue weighted by molar-refractivity contribution is 7.48. The molecule has 4 heteroatoms. The van der Waals surface area contributed by atoms with Crippen LogP contribution >= 0.6 is 8.03 Å². The largest absolute Gasteiger partial charge is 0.548 e. The number of rotatable bonds is 3. The molecule has 0 fully saturated rings. The summed E-state index contributed by atoms with van der Waals surface area (Å²) in [4.78, 5) is 0. The lowest BCUT2D eigenvalue weighted by molar-refractivity contribution is 0.357. The molecule has 0 saturated heterocycles. The average molecular weight is 187 g/mol. The molecule has 0 aliphatic heterocycles. The van der Waals surface area contributed by atoms with Crippen molar-refractivity contribution in [1.29, 1.82) is 0 Å². The predicted octanol–water partition coefficient (Wildman–Crippen LogP) is 2.23. The van der Waals surface area contributed by atoms with Crippen molar-refractivity contribution in [3.8, 4) is 0 Å². The highest BCUT2D eigenvalue weighted by atomic mass is 31.1. The Kier molecular flexibility index (Phi) is 3.32. The molecule has 0 N–H and O–H groups in total. The minimum absolute atomic E-state index is 0.335. The normalized spacial score (nSPS) is 11.3. The maximum absolute atomic E-state index is 12.4. The summed E-state index contributed by atoms with van der Waals surface area (Å²) in [5.41, 5.74) is 0. The minimum Gasteiger partial charge on any atom is -0.207 e. The Hall–Kier alpha value is -0.790. The molecule has 0 bridgehead atoms. The van der Waals surface area contributed by atoms with Gasteiger partial charge in [-0.25, -0.2) is 4.39 Å². The lowest BCUT2D eigenvalue weighted by atomic mass is 10.4. The molecular weight excluding hydrogens is 178 g/mol. The van der Waals surface area contributed by atoms with E-state index in [0.717, 1.165) is 0 Å². The molecule has 2 nitrogen and oxygen atoms in total. The van der Waals surface area contributed by atoms with Gasteiger partial charge in [-0.2, -0.15) is 0 Å². The van der Waals surface area contributed by atoms with Crippen LogP contribution in [0.1, 0.15) is 6.92 Å². The summed E-state index contributed by atoms with van der Waals surface area (Å²) in [6.45, 7) is 2.16. The summed E-state index contributed by atoms with van der Waals surface area (Å²) in [5.74, 6) is -0.335. The van der Waals surface area contributed by atoms with Crippen molar-refractivity contribution >= 4 is 13.3 Å². The monoisotopic (exact) mass is 187 g/mol. The van der Waals surface area contributed by atoms with E-state index < -0.39 is 8.03 Å². The Balaban J connectivity index is 2.75. The van der Waals surface area contributed by atoms with Crippen LogP contribution in [0.5, 0.6) is 0 Å². The van der Waals surface area contributed by atoms with Gasteiger partial charge in [0.05, 0.1) is 0 Å². The van der Waals surface area contributed by atoms with Gasteiger partial charge < -0.3 is 0 Å². The van der Waals surface area contributed by atoms with Crippen LogP contribution in [0.2, 0.25) is 0 Å². The van der Waals surface area contributed by atoms with E-state index in [1.165, 1.54) is 24.3 Å². The average Bonchev–Trinajstić information content (AvgIpc) is 2.06. The smallest absolute Gasteiger partial charge is 0.207 e. The van der Waals surface area contributed by atoms with Gasteiger partial charge >= 0.3 is 8.03 Å². The van der Waals surface area contributed by atoms with Gasteiger partial charge in [-0.05, 0) is 35.8 Å². The van der Waals surface area contributed by atoms with E-state index in [9.17, 15) is 8.96 Å². The van der Waals surface area contributed by atoms with E-state index in [0.29, 0.717) is 11.9 Å². The molecule has 1 aromatic carbocycles. The van der Waals surface area contributed by atoms with Crippen molar-refractivity contribution in [2.45, 2.75) is 6.92 Å². The van der Waals surface area contributed by atoms with E-state index in [-0.39, 0.29) is 5.82 Å². The molecule has 0 radical (unpaired) electrons. The zero-order valence-electron chi connectivity index (χ0n) is 6.66. The summed E-state index contributed by atoms with van der Waals surface area (Å²) in [6, 6.07) is 5.45. The van der Waals surface area contributed by atoms with E-state index in [2.05, 4.69) is 0 Å². The van der Waals surface area contributed by atoms with Gasteiger partial charge in [0.2, 0.25) is 5.30 Å². The van der Waals surface area contributed by atoms with Crippen molar-refractivity contribution < 1.29 is 13.5 Å². The maximum Gasteiger partial charge on any atom is 0.548 e. The first-order chi connectivity index (χ1) is 5.74. The first kappa shape index (κ1) is 9.30. The molecule has 0 spiro atoms. The second kappa shape index (κ2) is 4.29. The molecule has 1 rings (SSSR count). The molecule has 0 aromatic heterocycles. The fourth-order valence-corrected chi connectivity index (χ4v) is 1.53. The quantitative estimate of drug-likeness (QED) is 0.678. The van der Waals surface area contributed by atoms with Crippen molar-refractivity contribution in [3.63, 3.8) is 0 Å². The second-order valence-corrected chi connectivity index (χ2v) is 3.44. The van der Waals surface area contributed by atoms with Gasteiger partial charge in [-0.15, -0.1) is 4.52 Å². The maximum atomic E-state index is 12.4. The van der Waals surface area contributed by atoms with Crippen molar-refractivity contribution in [2.24, 2.45) is 0 Å². The molecular formula is C8H9FO2P+. The molecule has 0 aliphatic rings. The Morgan fingerprint density at radius 2 is 2.00 bits per heavy atom. The summed E-state index contributed by atoms with van der Waals surface area (Å²) >= 11 is 0. The van der Waals surface area contributed by atoms with Crippen LogP contribution in [0, 0.1) is 5.82 Å². The zero-order chi connectivity index (χ0) is 8.97. The minimum atomic E-state index is -1.80. The molecule has 12 heavy (non-hydrogen) atoms. The number of hydrogen-bond donors (Lipinski definition) is 0. The standard InChI is InChI=1S/C8H9FO2P/c1-2-11-12(10)8-5-3-7(9)4-6-8/h3-6H,2H2,1H3/q+1. The van der Waals surface area contributed by atoms with Crippen molar-refractivity contribution in [1.82, 2.24) is 0 Å². The van der Waals surface area contributed by atoms with Crippen LogP contribution < -0.4 is 5.30 Å². The van der Waals surface area contributed by atoms with Gasteiger partial charge in [0.15, 0.2) is 0 Å². The SMILES string of the molecule is CCO[P+](=O)c1ccc(F)cc1. The first-order valence-electron chi connectivity index (χ1n) is 3.59. The zero-order valence-corrected chi connectivity index (χ0v) is 7.55. The van der Waals surface area contributed by atoms with Gasteiger partial charge in [0, 0.05) is 0 Å². The predicted molar refractivity (Wildman–Crippen MR) is 45.3 cm³/mol. The van der Waals surface area contributed by atoms with E-state index >= 15 is 0 Å². The number of hydrogen-bond acceptors (Lipinski definition) is 2. The molecule has 64 valence electrons. The lowest BCUT2D eigenvalue weighted by Gasteiger charge is -1.86.